The number of benzene rings is 1. The number of azide groups is 1. The number of ether oxygens (including phenoxy) is 1. The molecule has 1 aromatic rings. The van der Waals surface area contributed by atoms with Gasteiger partial charge in [0.25, 0.3) is 0 Å². The molecule has 1 amide bonds. The zero-order valence-electron chi connectivity index (χ0n) is 11.8. The minimum Gasteiger partial charge on any atom is -0.480 e. The minimum absolute atomic E-state index is 0.0321. The van der Waals surface area contributed by atoms with E-state index in [0.717, 1.165) is 0 Å². The molecule has 118 valence electrons. The average Bonchev–Trinajstić information content (AvgIpc) is 2.50. The van der Waals surface area contributed by atoms with Crippen LogP contribution in [0.4, 0.5) is 10.5 Å². The van der Waals surface area contributed by atoms with E-state index >= 15 is 0 Å². The molecule has 0 aliphatic heterocycles. The van der Waals surface area contributed by atoms with Gasteiger partial charge < -0.3 is 20.9 Å². The molecule has 0 spiro atoms. The van der Waals surface area contributed by atoms with Crippen molar-refractivity contribution in [2.45, 2.75) is 25.5 Å². The van der Waals surface area contributed by atoms with Gasteiger partial charge in [0, 0.05) is 17.1 Å². The van der Waals surface area contributed by atoms with Gasteiger partial charge in [-0.15, -0.1) is 0 Å². The van der Waals surface area contributed by atoms with Gasteiger partial charge in [0.1, 0.15) is 12.6 Å². The molecule has 0 aromatic heterocycles. The Morgan fingerprint density at radius 2 is 2.18 bits per heavy atom. The first-order chi connectivity index (χ1) is 10.5. The van der Waals surface area contributed by atoms with Crippen LogP contribution in [-0.4, -0.2) is 29.8 Å². The predicted molar refractivity (Wildman–Crippen MR) is 78.3 cm³/mol. The standard InChI is InChI=1S/C13H17N5O4/c14-10(12(19)20)5-3-7-16-13(21)22-8-9-4-1-2-6-11(9)17-18-15/h1-2,4,6,10H,3,5,7-8,14H2,(H,16,21)(H,19,20)/t10-/m0/s1. The van der Waals surface area contributed by atoms with Crippen molar-refractivity contribution in [1.82, 2.24) is 5.32 Å². The maximum atomic E-state index is 11.5. The quantitative estimate of drug-likeness (QED) is 0.290. The number of aliphatic carboxylic acids is 1. The highest BCUT2D eigenvalue weighted by atomic mass is 16.5. The van der Waals surface area contributed by atoms with Gasteiger partial charge in [-0.1, -0.05) is 29.4 Å². The van der Waals surface area contributed by atoms with Crippen LogP contribution in [0.3, 0.4) is 0 Å². The second kappa shape index (κ2) is 9.22. The van der Waals surface area contributed by atoms with Crippen LogP contribution in [0.1, 0.15) is 18.4 Å². The van der Waals surface area contributed by atoms with E-state index in [9.17, 15) is 9.59 Å². The molecule has 1 atom stereocenters. The molecule has 1 rings (SSSR count). The van der Waals surface area contributed by atoms with Crippen LogP contribution in [0.5, 0.6) is 0 Å². The van der Waals surface area contributed by atoms with Gasteiger partial charge in [-0.3, -0.25) is 4.79 Å². The van der Waals surface area contributed by atoms with E-state index in [1.165, 1.54) is 0 Å². The maximum Gasteiger partial charge on any atom is 0.407 e. The number of carbonyl (C=O) groups is 2. The van der Waals surface area contributed by atoms with Gasteiger partial charge in [0.05, 0.1) is 0 Å². The summed E-state index contributed by atoms with van der Waals surface area (Å²) >= 11 is 0. The van der Waals surface area contributed by atoms with E-state index in [2.05, 4.69) is 15.3 Å². The first-order valence-corrected chi connectivity index (χ1v) is 6.56. The van der Waals surface area contributed by atoms with Gasteiger partial charge in [0.2, 0.25) is 0 Å². The summed E-state index contributed by atoms with van der Waals surface area (Å²) in [4.78, 5) is 24.7. The van der Waals surface area contributed by atoms with Crippen LogP contribution >= 0.6 is 0 Å². The van der Waals surface area contributed by atoms with E-state index in [0.29, 0.717) is 17.7 Å². The fourth-order valence-corrected chi connectivity index (χ4v) is 1.61. The lowest BCUT2D eigenvalue weighted by Crippen LogP contribution is -2.32. The topological polar surface area (TPSA) is 150 Å². The van der Waals surface area contributed by atoms with Crippen molar-refractivity contribution in [2.24, 2.45) is 10.8 Å². The molecule has 0 heterocycles. The van der Waals surface area contributed by atoms with Crippen LogP contribution in [0, 0.1) is 0 Å². The molecular formula is C13H17N5O4. The van der Waals surface area contributed by atoms with Crippen molar-refractivity contribution < 1.29 is 19.4 Å². The number of hydrogen-bond donors (Lipinski definition) is 3. The number of nitrogens with one attached hydrogen (secondary N) is 1. The van der Waals surface area contributed by atoms with Crippen molar-refractivity contribution in [1.29, 1.82) is 0 Å². The molecule has 0 unspecified atom stereocenters. The Bertz CT molecular complexity index is 571. The highest BCUT2D eigenvalue weighted by Crippen LogP contribution is 2.19. The third-order valence-corrected chi connectivity index (χ3v) is 2.78. The van der Waals surface area contributed by atoms with Crippen LogP contribution in [-0.2, 0) is 16.1 Å². The number of nitrogens with two attached hydrogens (primary N) is 1. The Morgan fingerprint density at radius 1 is 1.45 bits per heavy atom. The van der Waals surface area contributed by atoms with Gasteiger partial charge in [-0.25, -0.2) is 4.79 Å². The smallest absolute Gasteiger partial charge is 0.407 e. The summed E-state index contributed by atoms with van der Waals surface area (Å²) in [5.41, 5.74) is 14.7. The average molecular weight is 307 g/mol. The number of carboxylic acid groups (broad SMARTS) is 1. The summed E-state index contributed by atoms with van der Waals surface area (Å²) < 4.78 is 4.99. The van der Waals surface area contributed by atoms with E-state index in [-0.39, 0.29) is 19.6 Å². The number of nitrogens with zero attached hydrogens (tertiary/aromatic N) is 3. The van der Waals surface area contributed by atoms with Crippen LogP contribution in [0.25, 0.3) is 10.4 Å². The molecule has 22 heavy (non-hydrogen) atoms. The SMILES string of the molecule is [N-]=[N+]=Nc1ccccc1COC(=O)NCCC[C@H](N)C(=O)O. The third kappa shape index (κ3) is 6.12. The van der Waals surface area contributed by atoms with E-state index in [1.807, 2.05) is 0 Å². The number of carbonyl (C=O) groups excluding carboxylic acids is 1. The molecule has 0 saturated heterocycles. The van der Waals surface area contributed by atoms with Crippen LogP contribution < -0.4 is 11.1 Å². The summed E-state index contributed by atoms with van der Waals surface area (Å²) in [6, 6.07) is 5.81. The molecule has 0 aliphatic carbocycles. The van der Waals surface area contributed by atoms with E-state index in [4.69, 9.17) is 21.1 Å². The molecule has 0 saturated carbocycles. The predicted octanol–water partition coefficient (Wildman–Crippen LogP) is 2.05. The molecule has 0 aliphatic rings. The summed E-state index contributed by atoms with van der Waals surface area (Å²) in [6.45, 7) is 0.230. The Labute approximate surface area is 126 Å². The highest BCUT2D eigenvalue weighted by molar-refractivity contribution is 5.73. The number of amides is 1. The first kappa shape index (κ1) is 17.3. The number of rotatable bonds is 8. The molecule has 9 heteroatoms. The minimum atomic E-state index is -1.07. The van der Waals surface area contributed by atoms with Gasteiger partial charge in [-0.2, -0.15) is 0 Å². The zero-order chi connectivity index (χ0) is 16.4. The molecule has 1 aromatic carbocycles. The third-order valence-electron chi connectivity index (χ3n) is 2.78. The van der Waals surface area contributed by atoms with Gasteiger partial charge in [-0.05, 0) is 23.9 Å². The molecule has 0 bridgehead atoms. The zero-order valence-corrected chi connectivity index (χ0v) is 11.8. The second-order valence-corrected chi connectivity index (χ2v) is 4.41. The normalized spacial score (nSPS) is 11.1. The fraction of sp³-hybridized carbons (Fsp3) is 0.385. The van der Waals surface area contributed by atoms with Crippen molar-refractivity contribution in [3.05, 3.63) is 40.3 Å². The Balaban J connectivity index is 2.32. The number of alkyl carbamates (subject to hydrolysis) is 1. The largest absolute Gasteiger partial charge is 0.480 e. The van der Waals surface area contributed by atoms with Crippen LogP contribution in [0.2, 0.25) is 0 Å². The molecule has 4 N–H and O–H groups in total. The van der Waals surface area contributed by atoms with Crippen LogP contribution in [0.15, 0.2) is 29.4 Å². The number of carboxylic acids is 1. The lowest BCUT2D eigenvalue weighted by atomic mass is 10.2. The lowest BCUT2D eigenvalue weighted by molar-refractivity contribution is -0.138. The summed E-state index contributed by atoms with van der Waals surface area (Å²) in [7, 11) is 0. The maximum absolute atomic E-state index is 11.5. The molecule has 0 radical (unpaired) electrons. The molecular weight excluding hydrogens is 290 g/mol. The van der Waals surface area contributed by atoms with E-state index < -0.39 is 18.1 Å². The highest BCUT2D eigenvalue weighted by Gasteiger charge is 2.11. The Morgan fingerprint density at radius 3 is 2.86 bits per heavy atom. The van der Waals surface area contributed by atoms with Crippen molar-refractivity contribution in [2.75, 3.05) is 6.54 Å². The monoisotopic (exact) mass is 307 g/mol. The second-order valence-electron chi connectivity index (χ2n) is 4.41. The number of hydrogen-bond acceptors (Lipinski definition) is 5. The molecule has 9 nitrogen and oxygen atoms in total. The first-order valence-electron chi connectivity index (χ1n) is 6.56. The van der Waals surface area contributed by atoms with Crippen molar-refractivity contribution in [3.8, 4) is 0 Å². The fourth-order valence-electron chi connectivity index (χ4n) is 1.61. The Hall–Kier alpha value is -2.77. The van der Waals surface area contributed by atoms with Crippen molar-refractivity contribution >= 4 is 17.7 Å². The van der Waals surface area contributed by atoms with Crippen molar-refractivity contribution in [3.63, 3.8) is 0 Å². The summed E-state index contributed by atoms with van der Waals surface area (Å²) in [5, 5.41) is 14.6. The van der Waals surface area contributed by atoms with Gasteiger partial charge in [0.15, 0.2) is 0 Å². The van der Waals surface area contributed by atoms with Gasteiger partial charge >= 0.3 is 12.1 Å². The lowest BCUT2D eigenvalue weighted by Gasteiger charge is -2.09. The molecule has 0 fully saturated rings. The summed E-state index contributed by atoms with van der Waals surface area (Å²) in [6.07, 6.45) is 0.0485. The Kier molecular flexibility index (Phi) is 7.24. The summed E-state index contributed by atoms with van der Waals surface area (Å²) in [5.74, 6) is -1.07. The van der Waals surface area contributed by atoms with E-state index in [1.54, 1.807) is 24.3 Å².